The highest BCUT2D eigenvalue weighted by molar-refractivity contribution is 4.39. The zero-order chi connectivity index (χ0) is 5.70. The minimum absolute atomic E-state index is 0.729. The Morgan fingerprint density at radius 1 is 1.71 bits per heavy atom. The van der Waals surface area contributed by atoms with E-state index in [2.05, 4.69) is 5.43 Å². The number of hydrogen-bond donors (Lipinski definition) is 3. The van der Waals surface area contributed by atoms with E-state index in [1.54, 1.807) is 12.1 Å². The summed E-state index contributed by atoms with van der Waals surface area (Å²) in [6, 6.07) is 0. The van der Waals surface area contributed by atoms with E-state index in [9.17, 15) is 0 Å². The number of rotatable bonds is 3. The first-order chi connectivity index (χ1) is 3.27. The second kappa shape index (κ2) is 4.01. The number of hydrazine groups is 2. The number of nitrogens with zero attached hydrogens (tertiary/aromatic N) is 1. The van der Waals surface area contributed by atoms with Gasteiger partial charge in [0.25, 0.3) is 0 Å². The van der Waals surface area contributed by atoms with Crippen LogP contribution in [0.15, 0.2) is 0 Å². The van der Waals surface area contributed by atoms with E-state index in [1.165, 1.54) is 0 Å². The van der Waals surface area contributed by atoms with Gasteiger partial charge >= 0.3 is 0 Å². The van der Waals surface area contributed by atoms with Crippen molar-refractivity contribution in [1.29, 1.82) is 0 Å². The maximum absolute atomic E-state index is 5.22. The lowest BCUT2D eigenvalue weighted by molar-refractivity contribution is 0.347. The van der Waals surface area contributed by atoms with Gasteiger partial charge in [-0.1, -0.05) is 0 Å². The zero-order valence-corrected chi connectivity index (χ0v) is 4.52. The predicted octanol–water partition coefficient (Wildman–Crippen LogP) is -1.74. The first kappa shape index (κ1) is 6.84. The fraction of sp³-hybridized carbons (Fsp3) is 1.00. The summed E-state index contributed by atoms with van der Waals surface area (Å²) in [5.41, 5.74) is 2.48. The Kier molecular flexibility index (Phi) is 3.92. The van der Waals surface area contributed by atoms with Crippen molar-refractivity contribution in [2.75, 3.05) is 20.1 Å². The van der Waals surface area contributed by atoms with Crippen LogP contribution in [0.5, 0.6) is 0 Å². The third kappa shape index (κ3) is 5.84. The third-order valence-electron chi connectivity index (χ3n) is 0.609. The molecule has 0 saturated heterocycles. The van der Waals surface area contributed by atoms with Crippen LogP contribution < -0.4 is 17.1 Å². The standard InChI is InChI=1S/C3H12N4/c1-7(5)3-2-6-4/h6H,2-5H2,1H3. The molecule has 0 amide bonds. The minimum atomic E-state index is 0.729. The van der Waals surface area contributed by atoms with Gasteiger partial charge in [0.05, 0.1) is 0 Å². The highest BCUT2D eigenvalue weighted by Crippen LogP contribution is 1.60. The largest absolute Gasteiger partial charge is 0.271 e. The Bertz CT molecular complexity index is 35.9. The van der Waals surface area contributed by atoms with Crippen LogP contribution in [-0.4, -0.2) is 25.1 Å². The Morgan fingerprint density at radius 3 is 2.43 bits per heavy atom. The van der Waals surface area contributed by atoms with Crippen molar-refractivity contribution >= 4 is 0 Å². The molecule has 0 saturated carbocycles. The summed E-state index contributed by atoms with van der Waals surface area (Å²) < 4.78 is 0. The summed E-state index contributed by atoms with van der Waals surface area (Å²) in [5, 5.41) is 1.57. The summed E-state index contributed by atoms with van der Waals surface area (Å²) in [5.74, 6) is 10.2. The monoisotopic (exact) mass is 104 g/mol. The van der Waals surface area contributed by atoms with Crippen molar-refractivity contribution in [3.8, 4) is 0 Å². The van der Waals surface area contributed by atoms with Gasteiger partial charge in [-0.3, -0.25) is 17.1 Å². The highest BCUT2D eigenvalue weighted by atomic mass is 15.4. The molecule has 0 aromatic heterocycles. The highest BCUT2D eigenvalue weighted by Gasteiger charge is 1.83. The van der Waals surface area contributed by atoms with E-state index < -0.39 is 0 Å². The van der Waals surface area contributed by atoms with Crippen molar-refractivity contribution in [2.45, 2.75) is 0 Å². The molecule has 4 nitrogen and oxygen atoms in total. The van der Waals surface area contributed by atoms with Gasteiger partial charge in [-0.15, -0.1) is 0 Å². The molecule has 4 heteroatoms. The molecule has 0 spiro atoms. The van der Waals surface area contributed by atoms with Gasteiger partial charge in [-0.05, 0) is 0 Å². The van der Waals surface area contributed by atoms with E-state index in [0.717, 1.165) is 13.1 Å². The van der Waals surface area contributed by atoms with Crippen LogP contribution >= 0.6 is 0 Å². The molecule has 7 heavy (non-hydrogen) atoms. The molecule has 0 aromatic rings. The molecule has 0 aliphatic carbocycles. The summed E-state index contributed by atoms with van der Waals surface area (Å²) >= 11 is 0. The van der Waals surface area contributed by atoms with Gasteiger partial charge in [0.2, 0.25) is 0 Å². The third-order valence-corrected chi connectivity index (χ3v) is 0.609. The fourth-order valence-electron chi connectivity index (χ4n) is 0.241. The normalized spacial score (nSPS) is 10.3. The average Bonchev–Trinajstić information content (AvgIpc) is 1.61. The van der Waals surface area contributed by atoms with Gasteiger partial charge in [0, 0.05) is 20.1 Å². The fourth-order valence-corrected chi connectivity index (χ4v) is 0.241. The maximum Gasteiger partial charge on any atom is 0.0264 e. The lowest BCUT2D eigenvalue weighted by atomic mass is 10.6. The Labute approximate surface area is 43.4 Å². The Balaban J connectivity index is 2.68. The molecule has 0 aliphatic heterocycles. The molecule has 0 rings (SSSR count). The van der Waals surface area contributed by atoms with Crippen LogP contribution in [0, 0.1) is 0 Å². The molecule has 0 fully saturated rings. The molecule has 0 bridgehead atoms. The maximum atomic E-state index is 5.22. The molecule has 0 unspecified atom stereocenters. The molecule has 0 aromatic carbocycles. The van der Waals surface area contributed by atoms with E-state index >= 15 is 0 Å². The second-order valence-corrected chi connectivity index (χ2v) is 1.43. The molecule has 44 valence electrons. The topological polar surface area (TPSA) is 67.3 Å². The molecule has 5 N–H and O–H groups in total. The van der Waals surface area contributed by atoms with Gasteiger partial charge in [-0.2, -0.15) is 0 Å². The zero-order valence-electron chi connectivity index (χ0n) is 4.52. The first-order valence-corrected chi connectivity index (χ1v) is 2.16. The van der Waals surface area contributed by atoms with E-state index in [0.29, 0.717) is 0 Å². The van der Waals surface area contributed by atoms with Crippen molar-refractivity contribution < 1.29 is 0 Å². The van der Waals surface area contributed by atoms with E-state index in [-0.39, 0.29) is 0 Å². The molecule has 0 heterocycles. The lowest BCUT2D eigenvalue weighted by Crippen LogP contribution is -2.36. The second-order valence-electron chi connectivity index (χ2n) is 1.43. The van der Waals surface area contributed by atoms with Gasteiger partial charge < -0.3 is 0 Å². The first-order valence-electron chi connectivity index (χ1n) is 2.16. The molecule has 0 atom stereocenters. The predicted molar refractivity (Wildman–Crippen MR) is 29.0 cm³/mol. The Hall–Kier alpha value is -0.160. The van der Waals surface area contributed by atoms with Gasteiger partial charge in [-0.25, -0.2) is 5.01 Å². The number of likely N-dealkylation sites (N-methyl/N-ethyl adjacent to an activating group) is 1. The molecular weight excluding hydrogens is 92.1 g/mol. The Morgan fingerprint density at radius 2 is 2.29 bits per heavy atom. The smallest absolute Gasteiger partial charge is 0.0264 e. The summed E-state index contributed by atoms with van der Waals surface area (Å²) in [6.07, 6.45) is 0. The van der Waals surface area contributed by atoms with Crippen LogP contribution in [0.2, 0.25) is 0 Å². The quantitative estimate of drug-likeness (QED) is 0.293. The van der Waals surface area contributed by atoms with Crippen LogP contribution in [0.25, 0.3) is 0 Å². The van der Waals surface area contributed by atoms with E-state index in [4.69, 9.17) is 11.7 Å². The van der Waals surface area contributed by atoms with Crippen molar-refractivity contribution in [2.24, 2.45) is 11.7 Å². The van der Waals surface area contributed by atoms with Crippen LogP contribution in [0.3, 0.4) is 0 Å². The molecule has 0 radical (unpaired) electrons. The lowest BCUT2D eigenvalue weighted by Gasteiger charge is -2.06. The van der Waals surface area contributed by atoms with E-state index in [1.807, 2.05) is 0 Å². The van der Waals surface area contributed by atoms with Crippen molar-refractivity contribution in [1.82, 2.24) is 10.4 Å². The average molecular weight is 104 g/mol. The van der Waals surface area contributed by atoms with Gasteiger partial charge in [0.1, 0.15) is 0 Å². The number of nitrogens with one attached hydrogen (secondary N) is 1. The van der Waals surface area contributed by atoms with Crippen LogP contribution in [0.4, 0.5) is 0 Å². The van der Waals surface area contributed by atoms with Crippen molar-refractivity contribution in [3.05, 3.63) is 0 Å². The summed E-state index contributed by atoms with van der Waals surface area (Å²) in [4.78, 5) is 0. The number of nitrogens with two attached hydrogens (primary N) is 2. The summed E-state index contributed by atoms with van der Waals surface area (Å²) in [6.45, 7) is 1.50. The SMILES string of the molecule is CN(N)CCNN. The van der Waals surface area contributed by atoms with Crippen LogP contribution in [-0.2, 0) is 0 Å². The van der Waals surface area contributed by atoms with Crippen LogP contribution in [0.1, 0.15) is 0 Å². The van der Waals surface area contributed by atoms with Gasteiger partial charge in [0.15, 0.2) is 0 Å². The summed E-state index contributed by atoms with van der Waals surface area (Å²) in [7, 11) is 1.79. The minimum Gasteiger partial charge on any atom is -0.271 e. The number of hydrogen-bond acceptors (Lipinski definition) is 4. The van der Waals surface area contributed by atoms with Crippen molar-refractivity contribution in [3.63, 3.8) is 0 Å². The molecule has 0 aliphatic rings. The molecular formula is C3H12N4.